The summed E-state index contributed by atoms with van der Waals surface area (Å²) < 4.78 is 11.0. The molecule has 0 saturated carbocycles. The van der Waals surface area contributed by atoms with Crippen LogP contribution in [0.5, 0.6) is 0 Å². The fourth-order valence-electron chi connectivity index (χ4n) is 2.62. The molecule has 0 aromatic heterocycles. The minimum Gasteiger partial charge on any atom is -0.378 e. The van der Waals surface area contributed by atoms with Crippen molar-refractivity contribution < 1.29 is 14.3 Å². The fraction of sp³-hybridized carbons (Fsp3) is 0.917. The third-order valence-corrected chi connectivity index (χ3v) is 3.73. The van der Waals surface area contributed by atoms with Crippen LogP contribution in [0.2, 0.25) is 0 Å². The van der Waals surface area contributed by atoms with Gasteiger partial charge in [-0.1, -0.05) is 6.92 Å². The number of methoxy groups -OCH3 is 1. The van der Waals surface area contributed by atoms with Crippen LogP contribution in [0, 0.1) is 0 Å². The van der Waals surface area contributed by atoms with Gasteiger partial charge in [0.05, 0.1) is 19.2 Å². The van der Waals surface area contributed by atoms with E-state index in [1.165, 1.54) is 0 Å². The molecule has 2 heterocycles. The molecular weight excluding hydrogens is 220 g/mol. The second-order valence-corrected chi connectivity index (χ2v) is 4.85. The molecule has 1 N–H and O–H groups in total. The molecule has 98 valence electrons. The molecular formula is C12H22N2O3. The molecule has 1 amide bonds. The molecule has 0 radical (unpaired) electrons. The van der Waals surface area contributed by atoms with E-state index in [2.05, 4.69) is 5.32 Å². The van der Waals surface area contributed by atoms with Gasteiger partial charge in [-0.2, -0.15) is 0 Å². The Morgan fingerprint density at radius 2 is 2.47 bits per heavy atom. The topological polar surface area (TPSA) is 50.8 Å². The Balaban J connectivity index is 1.93. The molecule has 5 nitrogen and oxygen atoms in total. The minimum absolute atomic E-state index is 0.00349. The Hall–Kier alpha value is -0.650. The Labute approximate surface area is 102 Å². The number of likely N-dealkylation sites (N-methyl/N-ethyl adjacent to an activating group) is 1. The van der Waals surface area contributed by atoms with Crippen LogP contribution in [0.3, 0.4) is 0 Å². The maximum absolute atomic E-state index is 12.1. The van der Waals surface area contributed by atoms with Crippen molar-refractivity contribution in [3.05, 3.63) is 0 Å². The summed E-state index contributed by atoms with van der Waals surface area (Å²) in [4.78, 5) is 14.0. The zero-order valence-electron chi connectivity index (χ0n) is 10.7. The average Bonchev–Trinajstić information content (AvgIpc) is 2.92. The zero-order valence-corrected chi connectivity index (χ0v) is 10.7. The predicted molar refractivity (Wildman–Crippen MR) is 63.8 cm³/mol. The van der Waals surface area contributed by atoms with Crippen molar-refractivity contribution >= 4 is 5.91 Å². The zero-order chi connectivity index (χ0) is 12.3. The molecule has 2 unspecified atom stereocenters. The van der Waals surface area contributed by atoms with Crippen molar-refractivity contribution in [1.29, 1.82) is 0 Å². The third-order valence-electron chi connectivity index (χ3n) is 3.73. The van der Waals surface area contributed by atoms with Gasteiger partial charge in [0, 0.05) is 26.7 Å². The van der Waals surface area contributed by atoms with Crippen LogP contribution in [0.15, 0.2) is 0 Å². The first kappa shape index (κ1) is 12.8. The van der Waals surface area contributed by atoms with Crippen molar-refractivity contribution in [2.75, 3.05) is 40.0 Å². The first-order valence-corrected chi connectivity index (χ1v) is 6.36. The quantitative estimate of drug-likeness (QED) is 0.737. The van der Waals surface area contributed by atoms with Gasteiger partial charge in [0.2, 0.25) is 5.91 Å². The van der Waals surface area contributed by atoms with Crippen LogP contribution in [0.4, 0.5) is 0 Å². The molecule has 0 aromatic carbocycles. The summed E-state index contributed by atoms with van der Waals surface area (Å²) in [5.74, 6) is 0.204. The number of hydrogen-bond donors (Lipinski definition) is 1. The number of ether oxygens (including phenoxy) is 2. The largest absolute Gasteiger partial charge is 0.378 e. The van der Waals surface area contributed by atoms with Crippen molar-refractivity contribution in [2.24, 2.45) is 0 Å². The Bertz CT molecular complexity index is 277. The maximum Gasteiger partial charge on any atom is 0.239 e. The van der Waals surface area contributed by atoms with E-state index in [1.54, 1.807) is 7.11 Å². The van der Waals surface area contributed by atoms with Gasteiger partial charge >= 0.3 is 0 Å². The highest BCUT2D eigenvalue weighted by molar-refractivity contribution is 5.84. The molecule has 2 fully saturated rings. The molecule has 2 saturated heterocycles. The SMILES string of the molecule is CCNC1CCN(CC2(OC)CCOC2)C1=O. The van der Waals surface area contributed by atoms with E-state index < -0.39 is 0 Å². The van der Waals surface area contributed by atoms with Gasteiger partial charge in [-0.15, -0.1) is 0 Å². The van der Waals surface area contributed by atoms with Gasteiger partial charge < -0.3 is 19.7 Å². The van der Waals surface area contributed by atoms with Gasteiger partial charge in [-0.3, -0.25) is 4.79 Å². The number of rotatable bonds is 5. The van der Waals surface area contributed by atoms with Gasteiger partial charge in [0.15, 0.2) is 0 Å². The van der Waals surface area contributed by atoms with Gasteiger partial charge in [-0.25, -0.2) is 0 Å². The van der Waals surface area contributed by atoms with E-state index in [-0.39, 0.29) is 17.6 Å². The van der Waals surface area contributed by atoms with Crippen LogP contribution in [0.25, 0.3) is 0 Å². The number of carbonyl (C=O) groups excluding carboxylic acids is 1. The number of nitrogens with one attached hydrogen (secondary N) is 1. The van der Waals surface area contributed by atoms with Gasteiger partial charge in [-0.05, 0) is 13.0 Å². The van der Waals surface area contributed by atoms with Crippen LogP contribution in [-0.4, -0.2) is 62.4 Å². The van der Waals surface area contributed by atoms with Crippen molar-refractivity contribution in [1.82, 2.24) is 10.2 Å². The predicted octanol–water partition coefficient (Wildman–Crippen LogP) is 0.00230. The molecule has 17 heavy (non-hydrogen) atoms. The van der Waals surface area contributed by atoms with Crippen LogP contribution >= 0.6 is 0 Å². The second-order valence-electron chi connectivity index (χ2n) is 4.85. The lowest BCUT2D eigenvalue weighted by Crippen LogP contribution is -2.48. The lowest BCUT2D eigenvalue weighted by Gasteiger charge is -2.31. The lowest BCUT2D eigenvalue weighted by atomic mass is 10.0. The molecule has 2 atom stereocenters. The van der Waals surface area contributed by atoms with E-state index >= 15 is 0 Å². The third kappa shape index (κ3) is 2.61. The molecule has 0 spiro atoms. The van der Waals surface area contributed by atoms with E-state index in [4.69, 9.17) is 9.47 Å². The molecule has 2 aliphatic heterocycles. The minimum atomic E-state index is -0.281. The Morgan fingerprint density at radius 1 is 1.65 bits per heavy atom. The molecule has 5 heteroatoms. The maximum atomic E-state index is 12.1. The number of carbonyl (C=O) groups is 1. The van der Waals surface area contributed by atoms with Crippen molar-refractivity contribution in [3.8, 4) is 0 Å². The molecule has 0 bridgehead atoms. The molecule has 0 aliphatic carbocycles. The summed E-state index contributed by atoms with van der Waals surface area (Å²) >= 11 is 0. The average molecular weight is 242 g/mol. The monoisotopic (exact) mass is 242 g/mol. The number of likely N-dealkylation sites (tertiary alicyclic amines) is 1. The molecule has 2 rings (SSSR count). The summed E-state index contributed by atoms with van der Waals surface area (Å²) in [7, 11) is 1.71. The summed E-state index contributed by atoms with van der Waals surface area (Å²) in [6.45, 7) is 5.66. The smallest absolute Gasteiger partial charge is 0.239 e. The first-order valence-electron chi connectivity index (χ1n) is 6.36. The standard InChI is InChI=1S/C12H22N2O3/c1-3-13-10-4-6-14(11(10)15)8-12(16-2)5-7-17-9-12/h10,13H,3-9H2,1-2H3. The van der Waals surface area contributed by atoms with Crippen LogP contribution in [0.1, 0.15) is 19.8 Å². The lowest BCUT2D eigenvalue weighted by molar-refractivity contribution is -0.133. The number of amides is 1. The van der Waals surface area contributed by atoms with E-state index in [0.29, 0.717) is 13.2 Å². The van der Waals surface area contributed by atoms with Crippen LogP contribution < -0.4 is 5.32 Å². The summed E-state index contributed by atoms with van der Waals surface area (Å²) in [5, 5.41) is 3.22. The van der Waals surface area contributed by atoms with Gasteiger partial charge in [0.1, 0.15) is 5.60 Å². The van der Waals surface area contributed by atoms with E-state index in [1.807, 2.05) is 11.8 Å². The number of hydrogen-bond acceptors (Lipinski definition) is 4. The number of nitrogens with zero attached hydrogens (tertiary/aromatic N) is 1. The second kappa shape index (κ2) is 5.33. The van der Waals surface area contributed by atoms with E-state index in [0.717, 1.165) is 32.5 Å². The summed E-state index contributed by atoms with van der Waals surface area (Å²) in [6.07, 6.45) is 1.77. The molecule has 2 aliphatic rings. The van der Waals surface area contributed by atoms with Crippen LogP contribution in [-0.2, 0) is 14.3 Å². The Morgan fingerprint density at radius 3 is 3.06 bits per heavy atom. The molecule has 0 aromatic rings. The highest BCUT2D eigenvalue weighted by atomic mass is 16.5. The normalized spacial score (nSPS) is 33.6. The summed E-state index contributed by atoms with van der Waals surface area (Å²) in [5.41, 5.74) is -0.281. The highest BCUT2D eigenvalue weighted by Gasteiger charge is 2.41. The van der Waals surface area contributed by atoms with E-state index in [9.17, 15) is 4.79 Å². The summed E-state index contributed by atoms with van der Waals surface area (Å²) in [6, 6.07) is -0.00349. The fourth-order valence-corrected chi connectivity index (χ4v) is 2.62. The highest BCUT2D eigenvalue weighted by Crippen LogP contribution is 2.25. The van der Waals surface area contributed by atoms with Gasteiger partial charge in [0.25, 0.3) is 0 Å². The Kier molecular flexibility index (Phi) is 4.01. The first-order chi connectivity index (χ1) is 8.21. The van der Waals surface area contributed by atoms with Crippen molar-refractivity contribution in [3.63, 3.8) is 0 Å². The van der Waals surface area contributed by atoms with Crippen molar-refractivity contribution in [2.45, 2.75) is 31.4 Å².